The Morgan fingerprint density at radius 1 is 1.00 bits per heavy atom. The van der Waals surface area contributed by atoms with Gasteiger partial charge < -0.3 is 25.2 Å². The number of nitrogens with zero attached hydrogens (tertiary/aromatic N) is 3. The van der Waals surface area contributed by atoms with E-state index in [0.29, 0.717) is 11.7 Å². The summed E-state index contributed by atoms with van der Waals surface area (Å²) in [7, 11) is 0. The number of carbonyl (C=O) groups excluding carboxylic acids is 1. The topological polar surface area (TPSA) is 82.4 Å². The van der Waals surface area contributed by atoms with Crippen LogP contribution in [0.5, 0.6) is 5.75 Å². The molecule has 2 aromatic carbocycles. The van der Waals surface area contributed by atoms with Crippen molar-refractivity contribution in [3.05, 3.63) is 109 Å². The van der Waals surface area contributed by atoms with Crippen LogP contribution in [-0.2, 0) is 4.79 Å². The Bertz CT molecular complexity index is 1310. The SMILES string of the molecule is O=C(CCN1C(=S)N[C@H](c2ccccn2)[C@H]1c1cccn1-c1ccc(O)cc1)Nc1ccccc1. The third-order valence-corrected chi connectivity index (χ3v) is 6.40. The van der Waals surface area contributed by atoms with Gasteiger partial charge in [0.2, 0.25) is 5.91 Å². The number of hydrogen-bond acceptors (Lipinski definition) is 4. The van der Waals surface area contributed by atoms with E-state index in [2.05, 4.69) is 31.2 Å². The van der Waals surface area contributed by atoms with Crippen molar-refractivity contribution in [2.75, 3.05) is 11.9 Å². The molecule has 7 nitrogen and oxygen atoms in total. The maximum Gasteiger partial charge on any atom is 0.226 e. The summed E-state index contributed by atoms with van der Waals surface area (Å²) in [6.07, 6.45) is 4.03. The van der Waals surface area contributed by atoms with Crippen molar-refractivity contribution in [1.82, 2.24) is 19.8 Å². The highest BCUT2D eigenvalue weighted by molar-refractivity contribution is 7.80. The van der Waals surface area contributed by atoms with Crippen molar-refractivity contribution >= 4 is 28.9 Å². The smallest absolute Gasteiger partial charge is 0.226 e. The van der Waals surface area contributed by atoms with E-state index in [1.54, 1.807) is 18.3 Å². The Morgan fingerprint density at radius 2 is 1.77 bits per heavy atom. The first-order valence-electron chi connectivity index (χ1n) is 11.4. The minimum Gasteiger partial charge on any atom is -0.508 e. The van der Waals surface area contributed by atoms with Crippen LogP contribution in [0.2, 0.25) is 0 Å². The van der Waals surface area contributed by atoms with Gasteiger partial charge in [0.15, 0.2) is 5.11 Å². The number of amides is 1. The number of phenolic OH excluding ortho intramolecular Hbond substituents is 1. The van der Waals surface area contributed by atoms with Gasteiger partial charge in [0, 0.05) is 42.4 Å². The summed E-state index contributed by atoms with van der Waals surface area (Å²) >= 11 is 5.74. The van der Waals surface area contributed by atoms with E-state index in [0.717, 1.165) is 22.8 Å². The zero-order valence-electron chi connectivity index (χ0n) is 18.9. The van der Waals surface area contributed by atoms with Gasteiger partial charge in [-0.1, -0.05) is 24.3 Å². The van der Waals surface area contributed by atoms with Crippen molar-refractivity contribution in [2.45, 2.75) is 18.5 Å². The first-order valence-corrected chi connectivity index (χ1v) is 11.8. The average molecular weight is 484 g/mol. The van der Waals surface area contributed by atoms with Crippen LogP contribution in [0.1, 0.15) is 29.9 Å². The van der Waals surface area contributed by atoms with Gasteiger partial charge in [0.1, 0.15) is 5.75 Å². The largest absolute Gasteiger partial charge is 0.508 e. The van der Waals surface area contributed by atoms with Crippen LogP contribution in [0.4, 0.5) is 5.69 Å². The molecule has 0 saturated carbocycles. The predicted octanol–water partition coefficient (Wildman–Crippen LogP) is 4.58. The van der Waals surface area contributed by atoms with Gasteiger partial charge in [-0.2, -0.15) is 0 Å². The van der Waals surface area contributed by atoms with Gasteiger partial charge in [-0.25, -0.2) is 0 Å². The molecule has 1 amide bonds. The fourth-order valence-corrected chi connectivity index (χ4v) is 4.75. The number of para-hydroxylation sites is 1. The molecule has 5 rings (SSSR count). The Hall–Kier alpha value is -4.17. The molecule has 1 fully saturated rings. The van der Waals surface area contributed by atoms with Crippen LogP contribution in [0.15, 0.2) is 97.3 Å². The molecule has 35 heavy (non-hydrogen) atoms. The molecular weight excluding hydrogens is 458 g/mol. The van der Waals surface area contributed by atoms with Gasteiger partial charge in [0.05, 0.1) is 17.8 Å². The molecule has 0 aliphatic carbocycles. The number of thiocarbonyl (C=S) groups is 1. The number of aromatic hydroxyl groups is 1. The Balaban J connectivity index is 1.45. The fraction of sp³-hybridized carbons (Fsp3) is 0.148. The number of benzene rings is 2. The fourth-order valence-electron chi connectivity index (χ4n) is 4.42. The molecule has 0 unspecified atom stereocenters. The summed E-state index contributed by atoms with van der Waals surface area (Å²) in [6, 6.07) is 26.0. The number of phenols is 1. The maximum absolute atomic E-state index is 12.7. The van der Waals surface area contributed by atoms with E-state index >= 15 is 0 Å². The second-order valence-electron chi connectivity index (χ2n) is 8.30. The molecule has 176 valence electrons. The molecule has 8 heteroatoms. The minimum atomic E-state index is -0.189. The summed E-state index contributed by atoms with van der Waals surface area (Å²) in [5.74, 6) is 0.136. The average Bonchev–Trinajstić information content (AvgIpc) is 3.48. The highest BCUT2D eigenvalue weighted by Gasteiger charge is 2.41. The standard InChI is InChI=1S/C27H25N5O2S/c33-21-13-11-20(12-14-21)31-17-6-10-23(31)26-25(22-9-4-5-16-28-22)30-27(35)32(26)18-15-24(34)29-19-7-2-1-3-8-19/h1-14,16-17,25-26,33H,15,18H2,(H,29,34)(H,30,35)/t25-,26-/m1/s1. The normalized spacial score (nSPS) is 17.3. The first kappa shape index (κ1) is 22.6. The molecule has 0 spiro atoms. The Labute approximate surface area is 209 Å². The van der Waals surface area contributed by atoms with Gasteiger partial charge in [-0.15, -0.1) is 0 Å². The van der Waals surface area contributed by atoms with Crippen LogP contribution in [0, 0.1) is 0 Å². The highest BCUT2D eigenvalue weighted by atomic mass is 32.1. The lowest BCUT2D eigenvalue weighted by atomic mass is 10.0. The number of carbonyl (C=O) groups is 1. The Kier molecular flexibility index (Phi) is 6.45. The zero-order valence-corrected chi connectivity index (χ0v) is 19.7. The predicted molar refractivity (Wildman–Crippen MR) is 139 cm³/mol. The number of nitrogens with one attached hydrogen (secondary N) is 2. The lowest BCUT2D eigenvalue weighted by molar-refractivity contribution is -0.116. The lowest BCUT2D eigenvalue weighted by Crippen LogP contribution is -2.33. The number of hydrogen-bond donors (Lipinski definition) is 3. The molecule has 0 radical (unpaired) electrons. The summed E-state index contributed by atoms with van der Waals surface area (Å²) < 4.78 is 2.08. The maximum atomic E-state index is 12.7. The summed E-state index contributed by atoms with van der Waals surface area (Å²) in [4.78, 5) is 19.3. The van der Waals surface area contributed by atoms with Crippen LogP contribution < -0.4 is 10.6 Å². The number of anilines is 1. The lowest BCUT2D eigenvalue weighted by Gasteiger charge is -2.28. The van der Waals surface area contributed by atoms with Crippen LogP contribution >= 0.6 is 12.2 Å². The first-order chi connectivity index (χ1) is 17.1. The number of rotatable bonds is 7. The molecule has 2 aromatic heterocycles. The van der Waals surface area contributed by atoms with Gasteiger partial charge in [0.25, 0.3) is 0 Å². The molecule has 3 N–H and O–H groups in total. The third-order valence-electron chi connectivity index (χ3n) is 6.05. The monoisotopic (exact) mass is 483 g/mol. The van der Waals surface area contributed by atoms with E-state index in [-0.39, 0.29) is 30.2 Å². The number of aromatic nitrogens is 2. The number of pyridine rings is 1. The summed E-state index contributed by atoms with van der Waals surface area (Å²) in [5.41, 5.74) is 3.56. The van der Waals surface area contributed by atoms with Crippen molar-refractivity contribution in [2.24, 2.45) is 0 Å². The minimum absolute atomic E-state index is 0.0760. The third kappa shape index (κ3) is 4.88. The second-order valence-corrected chi connectivity index (χ2v) is 8.69. The van der Waals surface area contributed by atoms with E-state index in [9.17, 15) is 9.90 Å². The van der Waals surface area contributed by atoms with E-state index in [1.807, 2.05) is 72.9 Å². The zero-order chi connectivity index (χ0) is 24.2. The molecule has 4 aromatic rings. The van der Waals surface area contributed by atoms with Crippen molar-refractivity contribution in [1.29, 1.82) is 0 Å². The van der Waals surface area contributed by atoms with E-state index in [1.165, 1.54) is 0 Å². The highest BCUT2D eigenvalue weighted by Crippen LogP contribution is 2.39. The van der Waals surface area contributed by atoms with Crippen molar-refractivity contribution in [3.8, 4) is 11.4 Å². The molecule has 3 heterocycles. The van der Waals surface area contributed by atoms with Gasteiger partial charge in [-0.05, 0) is 72.9 Å². The quantitative estimate of drug-likeness (QED) is 0.334. The molecule has 2 atom stereocenters. The Morgan fingerprint density at radius 3 is 2.51 bits per heavy atom. The van der Waals surface area contributed by atoms with Crippen LogP contribution in [-0.4, -0.2) is 37.1 Å². The molecule has 1 aliphatic heterocycles. The second kappa shape index (κ2) is 9.99. The van der Waals surface area contributed by atoms with Crippen LogP contribution in [0.3, 0.4) is 0 Å². The molecular formula is C27H25N5O2S. The van der Waals surface area contributed by atoms with Crippen molar-refractivity contribution < 1.29 is 9.90 Å². The van der Waals surface area contributed by atoms with Gasteiger partial charge >= 0.3 is 0 Å². The molecule has 0 bridgehead atoms. The van der Waals surface area contributed by atoms with Gasteiger partial charge in [-0.3, -0.25) is 9.78 Å². The molecule has 1 saturated heterocycles. The summed E-state index contributed by atoms with van der Waals surface area (Å²) in [6.45, 7) is 0.444. The van der Waals surface area contributed by atoms with Crippen LogP contribution in [0.25, 0.3) is 5.69 Å². The summed E-state index contributed by atoms with van der Waals surface area (Å²) in [5, 5.41) is 16.7. The van der Waals surface area contributed by atoms with E-state index in [4.69, 9.17) is 12.2 Å². The molecule has 1 aliphatic rings. The van der Waals surface area contributed by atoms with Crippen molar-refractivity contribution in [3.63, 3.8) is 0 Å². The van der Waals surface area contributed by atoms with E-state index < -0.39 is 0 Å².